The van der Waals surface area contributed by atoms with Crippen molar-refractivity contribution in [2.45, 2.75) is 45.6 Å². The third-order valence-electron chi connectivity index (χ3n) is 4.11. The summed E-state index contributed by atoms with van der Waals surface area (Å²) in [5.74, 6) is 1.97. The maximum Gasteiger partial charge on any atom is 0.150 e. The number of nitrogens with two attached hydrogens (primary N) is 1. The average molecular weight is 258 g/mol. The molecule has 1 aliphatic rings. The van der Waals surface area contributed by atoms with Gasteiger partial charge in [-0.3, -0.25) is 0 Å². The second-order valence-corrected chi connectivity index (χ2v) is 5.68. The van der Waals surface area contributed by atoms with Gasteiger partial charge in [-0.15, -0.1) is 0 Å². The van der Waals surface area contributed by atoms with Crippen LogP contribution in [0.25, 0.3) is 0 Å². The highest BCUT2D eigenvalue weighted by atomic mass is 15.0. The summed E-state index contributed by atoms with van der Waals surface area (Å²) in [4.78, 5) is 4.29. The van der Waals surface area contributed by atoms with Gasteiger partial charge in [0.25, 0.3) is 0 Å². The van der Waals surface area contributed by atoms with Crippen LogP contribution in [-0.4, -0.2) is 11.0 Å². The topological polar surface area (TPSA) is 74.7 Å². The van der Waals surface area contributed by atoms with E-state index in [1.807, 2.05) is 0 Å². The van der Waals surface area contributed by atoms with E-state index < -0.39 is 0 Å². The largest absolute Gasteiger partial charge is 0.395 e. The molecule has 4 nitrogen and oxygen atoms in total. The van der Waals surface area contributed by atoms with Crippen LogP contribution >= 0.6 is 0 Å². The smallest absolute Gasteiger partial charge is 0.150 e. The highest BCUT2D eigenvalue weighted by molar-refractivity contribution is 5.69. The van der Waals surface area contributed by atoms with Crippen molar-refractivity contribution < 1.29 is 0 Å². The molecule has 0 spiro atoms. The number of pyridine rings is 1. The van der Waals surface area contributed by atoms with Crippen molar-refractivity contribution in [1.29, 1.82) is 5.26 Å². The van der Waals surface area contributed by atoms with E-state index in [2.05, 4.69) is 30.2 Å². The van der Waals surface area contributed by atoms with Crippen LogP contribution in [0.4, 0.5) is 11.5 Å². The fraction of sp³-hybridized carbons (Fsp3) is 0.600. The number of nitrogen functional groups attached to an aromatic ring is 1. The van der Waals surface area contributed by atoms with Gasteiger partial charge in [0.2, 0.25) is 0 Å². The highest BCUT2D eigenvalue weighted by Gasteiger charge is 2.28. The zero-order valence-electron chi connectivity index (χ0n) is 11.7. The van der Waals surface area contributed by atoms with Crippen LogP contribution in [0.1, 0.15) is 45.1 Å². The number of hydrogen-bond donors (Lipinski definition) is 2. The molecule has 1 heterocycles. The Balaban J connectivity index is 2.18. The number of nitriles is 1. The lowest BCUT2D eigenvalue weighted by Gasteiger charge is -2.35. The van der Waals surface area contributed by atoms with Gasteiger partial charge >= 0.3 is 0 Å². The van der Waals surface area contributed by atoms with Gasteiger partial charge in [0, 0.05) is 12.2 Å². The van der Waals surface area contributed by atoms with E-state index in [-0.39, 0.29) is 0 Å². The summed E-state index contributed by atoms with van der Waals surface area (Å²) in [6.07, 6.45) is 6.61. The predicted molar refractivity (Wildman–Crippen MR) is 77.6 cm³/mol. The Morgan fingerprint density at radius 3 is 2.84 bits per heavy atom. The van der Waals surface area contributed by atoms with Gasteiger partial charge in [0.1, 0.15) is 6.07 Å². The summed E-state index contributed by atoms with van der Waals surface area (Å²) in [6, 6.07) is 4.17. The van der Waals surface area contributed by atoms with Gasteiger partial charge in [-0.05, 0) is 30.7 Å². The Bertz CT molecular complexity index is 476. The molecule has 0 aliphatic heterocycles. The minimum Gasteiger partial charge on any atom is -0.395 e. The van der Waals surface area contributed by atoms with E-state index >= 15 is 0 Å². The Morgan fingerprint density at radius 1 is 1.42 bits per heavy atom. The van der Waals surface area contributed by atoms with Crippen molar-refractivity contribution in [1.82, 2.24) is 4.98 Å². The van der Waals surface area contributed by atoms with Crippen LogP contribution in [0.2, 0.25) is 0 Å². The SMILES string of the molecule is CC(C)C1CCCCC1Nc1nccc(C#N)c1N. The molecule has 0 saturated heterocycles. The molecule has 19 heavy (non-hydrogen) atoms. The monoisotopic (exact) mass is 258 g/mol. The van der Waals surface area contributed by atoms with Gasteiger partial charge in [0.05, 0.1) is 11.3 Å². The van der Waals surface area contributed by atoms with Gasteiger partial charge in [-0.2, -0.15) is 5.26 Å². The molecule has 0 aromatic carbocycles. The molecule has 1 aromatic rings. The average Bonchev–Trinajstić information content (AvgIpc) is 2.41. The van der Waals surface area contributed by atoms with Crippen LogP contribution in [0.15, 0.2) is 12.3 Å². The first-order chi connectivity index (χ1) is 9.13. The number of hydrogen-bond acceptors (Lipinski definition) is 4. The first kappa shape index (κ1) is 13.7. The zero-order chi connectivity index (χ0) is 13.8. The fourth-order valence-corrected chi connectivity index (χ4v) is 3.00. The first-order valence-electron chi connectivity index (χ1n) is 7.04. The molecular formula is C15H22N4. The Kier molecular flexibility index (Phi) is 4.26. The normalized spacial score (nSPS) is 23.1. The lowest BCUT2D eigenvalue weighted by Crippen LogP contribution is -2.35. The van der Waals surface area contributed by atoms with E-state index in [0.717, 1.165) is 6.42 Å². The molecule has 3 N–H and O–H groups in total. The zero-order valence-corrected chi connectivity index (χ0v) is 11.7. The molecule has 2 atom stereocenters. The lowest BCUT2D eigenvalue weighted by atomic mass is 9.78. The molecule has 0 bridgehead atoms. The maximum absolute atomic E-state index is 9.00. The molecule has 2 unspecified atom stereocenters. The summed E-state index contributed by atoms with van der Waals surface area (Å²) in [5, 5.41) is 12.5. The van der Waals surface area contributed by atoms with Gasteiger partial charge < -0.3 is 11.1 Å². The van der Waals surface area contributed by atoms with Gasteiger partial charge in [-0.25, -0.2) is 4.98 Å². The Labute approximate surface area is 115 Å². The molecule has 1 saturated carbocycles. The van der Waals surface area contributed by atoms with Crippen LogP contribution < -0.4 is 11.1 Å². The highest BCUT2D eigenvalue weighted by Crippen LogP contribution is 2.33. The van der Waals surface area contributed by atoms with E-state index in [0.29, 0.717) is 34.9 Å². The van der Waals surface area contributed by atoms with Gasteiger partial charge in [0.15, 0.2) is 5.82 Å². The van der Waals surface area contributed by atoms with E-state index in [9.17, 15) is 0 Å². The van der Waals surface area contributed by atoms with Crippen molar-refractivity contribution in [3.05, 3.63) is 17.8 Å². The molecule has 2 rings (SSSR count). The summed E-state index contributed by atoms with van der Waals surface area (Å²) < 4.78 is 0. The van der Waals surface area contributed by atoms with E-state index in [1.54, 1.807) is 12.3 Å². The quantitative estimate of drug-likeness (QED) is 0.873. The fourth-order valence-electron chi connectivity index (χ4n) is 3.00. The van der Waals surface area contributed by atoms with Crippen molar-refractivity contribution in [3.63, 3.8) is 0 Å². The number of anilines is 2. The maximum atomic E-state index is 9.00. The Morgan fingerprint density at radius 2 is 2.16 bits per heavy atom. The second kappa shape index (κ2) is 5.92. The molecule has 1 aliphatic carbocycles. The third-order valence-corrected chi connectivity index (χ3v) is 4.11. The summed E-state index contributed by atoms with van der Waals surface area (Å²) in [6.45, 7) is 4.54. The second-order valence-electron chi connectivity index (χ2n) is 5.68. The van der Waals surface area contributed by atoms with E-state index in [1.165, 1.54) is 19.3 Å². The van der Waals surface area contributed by atoms with Crippen LogP contribution in [0.3, 0.4) is 0 Å². The standard InChI is InChI=1S/C15H22N4/c1-10(2)12-5-3-4-6-13(12)19-15-14(17)11(9-16)7-8-18-15/h7-8,10,12-13H,3-6,17H2,1-2H3,(H,18,19). The minimum atomic E-state index is 0.414. The number of nitrogens with one attached hydrogen (secondary N) is 1. The number of aromatic nitrogens is 1. The molecule has 0 amide bonds. The first-order valence-corrected chi connectivity index (χ1v) is 7.04. The number of nitrogens with zero attached hydrogens (tertiary/aromatic N) is 2. The molecule has 102 valence electrons. The van der Waals surface area contributed by atoms with Crippen molar-refractivity contribution >= 4 is 11.5 Å². The molecule has 1 aromatic heterocycles. The lowest BCUT2D eigenvalue weighted by molar-refractivity contribution is 0.253. The van der Waals surface area contributed by atoms with Crippen molar-refractivity contribution in [3.8, 4) is 6.07 Å². The summed E-state index contributed by atoms with van der Waals surface area (Å²) >= 11 is 0. The Hall–Kier alpha value is -1.76. The van der Waals surface area contributed by atoms with E-state index in [4.69, 9.17) is 11.0 Å². The molecule has 4 heteroatoms. The summed E-state index contributed by atoms with van der Waals surface area (Å²) in [5.41, 5.74) is 6.95. The summed E-state index contributed by atoms with van der Waals surface area (Å²) in [7, 11) is 0. The van der Waals surface area contributed by atoms with Crippen LogP contribution in [0.5, 0.6) is 0 Å². The van der Waals surface area contributed by atoms with Crippen molar-refractivity contribution in [2.24, 2.45) is 11.8 Å². The third kappa shape index (κ3) is 2.98. The molecular weight excluding hydrogens is 236 g/mol. The molecule has 0 radical (unpaired) electrons. The van der Waals surface area contributed by atoms with Gasteiger partial charge in [-0.1, -0.05) is 26.7 Å². The predicted octanol–water partition coefficient (Wildman–Crippen LogP) is 3.16. The van der Waals surface area contributed by atoms with Crippen molar-refractivity contribution in [2.75, 3.05) is 11.1 Å². The van der Waals surface area contributed by atoms with Crippen LogP contribution in [0, 0.1) is 23.2 Å². The molecule has 1 fully saturated rings. The number of rotatable bonds is 3. The minimum absolute atomic E-state index is 0.414. The van der Waals surface area contributed by atoms with Crippen LogP contribution in [-0.2, 0) is 0 Å².